The molecular formula is C19H20N2O3. The third kappa shape index (κ3) is 4.58. The molecule has 0 aliphatic rings. The van der Waals surface area contributed by atoms with Crippen LogP contribution in [0.1, 0.15) is 25.8 Å². The summed E-state index contributed by atoms with van der Waals surface area (Å²) in [6, 6.07) is 17.9. The highest BCUT2D eigenvalue weighted by atomic mass is 16.5. The van der Waals surface area contributed by atoms with Gasteiger partial charge in [-0.05, 0) is 31.5 Å². The molecule has 2 atom stereocenters. The highest BCUT2D eigenvalue weighted by molar-refractivity contribution is 5.93. The molecule has 5 nitrogen and oxygen atoms in total. The van der Waals surface area contributed by atoms with Crippen molar-refractivity contribution in [1.82, 2.24) is 0 Å². The Bertz CT molecular complexity index is 736. The lowest BCUT2D eigenvalue weighted by Crippen LogP contribution is -2.28. The predicted octanol–water partition coefficient (Wildman–Crippen LogP) is 3.21. The van der Waals surface area contributed by atoms with Gasteiger partial charge in [0, 0.05) is 0 Å². The summed E-state index contributed by atoms with van der Waals surface area (Å²) in [5.74, 6) is 0.0729. The minimum absolute atomic E-state index is 0.0981. The smallest absolute Gasteiger partial charge is 0.227 e. The topological polar surface area (TPSA) is 82.3 Å². The predicted molar refractivity (Wildman–Crippen MR) is 91.4 cm³/mol. The van der Waals surface area contributed by atoms with Crippen LogP contribution in [-0.4, -0.2) is 17.1 Å². The molecule has 5 heteroatoms. The summed E-state index contributed by atoms with van der Waals surface area (Å²) in [5.41, 5.74) is -0.141. The van der Waals surface area contributed by atoms with E-state index >= 15 is 0 Å². The number of aliphatic hydroxyl groups is 1. The molecule has 0 saturated heterocycles. The largest absolute Gasteiger partial charge is 0.474 e. The highest BCUT2D eigenvalue weighted by Gasteiger charge is 2.26. The first-order chi connectivity index (χ1) is 11.4. The molecular weight excluding hydrogens is 304 g/mol. The highest BCUT2D eigenvalue weighted by Crippen LogP contribution is 2.28. The van der Waals surface area contributed by atoms with Crippen molar-refractivity contribution in [2.24, 2.45) is 0 Å². The zero-order valence-electron chi connectivity index (χ0n) is 13.7. The summed E-state index contributed by atoms with van der Waals surface area (Å²) in [5, 5.41) is 22.1. The SMILES string of the molecule is CC(C#N)Oc1ccccc1NC(=O)CC(C)(O)c1ccccc1. The van der Waals surface area contributed by atoms with Crippen molar-refractivity contribution < 1.29 is 14.6 Å². The van der Waals surface area contributed by atoms with Gasteiger partial charge in [-0.1, -0.05) is 42.5 Å². The summed E-state index contributed by atoms with van der Waals surface area (Å²) in [6.45, 7) is 3.22. The standard InChI is InChI=1S/C19H20N2O3/c1-14(13-20)24-17-11-7-6-10-16(17)21-18(22)12-19(2,23)15-8-4-3-5-9-15/h3-11,14,23H,12H2,1-2H3,(H,21,22). The molecule has 0 aliphatic heterocycles. The van der Waals surface area contributed by atoms with Gasteiger partial charge < -0.3 is 15.2 Å². The monoisotopic (exact) mass is 324 g/mol. The molecule has 0 radical (unpaired) electrons. The van der Waals surface area contributed by atoms with Gasteiger partial charge in [0.15, 0.2) is 6.10 Å². The van der Waals surface area contributed by atoms with Gasteiger partial charge in [-0.2, -0.15) is 5.26 Å². The van der Waals surface area contributed by atoms with E-state index in [4.69, 9.17) is 10.00 Å². The van der Waals surface area contributed by atoms with Crippen LogP contribution in [0.4, 0.5) is 5.69 Å². The molecule has 124 valence electrons. The van der Waals surface area contributed by atoms with Crippen molar-refractivity contribution in [3.63, 3.8) is 0 Å². The Hall–Kier alpha value is -2.84. The van der Waals surface area contributed by atoms with Gasteiger partial charge in [0.2, 0.25) is 5.91 Å². The number of benzene rings is 2. The fraction of sp³-hybridized carbons (Fsp3) is 0.263. The average molecular weight is 324 g/mol. The number of para-hydroxylation sites is 2. The Morgan fingerprint density at radius 1 is 1.25 bits per heavy atom. The van der Waals surface area contributed by atoms with E-state index in [2.05, 4.69) is 5.32 Å². The number of amides is 1. The number of hydrogen-bond donors (Lipinski definition) is 2. The summed E-state index contributed by atoms with van der Waals surface area (Å²) >= 11 is 0. The lowest BCUT2D eigenvalue weighted by atomic mass is 9.92. The first-order valence-corrected chi connectivity index (χ1v) is 7.65. The Kier molecular flexibility index (Phi) is 5.56. The van der Waals surface area contributed by atoms with Gasteiger partial charge in [-0.15, -0.1) is 0 Å². The summed E-state index contributed by atoms with van der Waals surface area (Å²) in [7, 11) is 0. The minimum Gasteiger partial charge on any atom is -0.474 e. The second kappa shape index (κ2) is 7.62. The molecule has 0 spiro atoms. The average Bonchev–Trinajstić information content (AvgIpc) is 2.57. The number of nitriles is 1. The van der Waals surface area contributed by atoms with E-state index in [0.29, 0.717) is 17.0 Å². The van der Waals surface area contributed by atoms with Gasteiger partial charge >= 0.3 is 0 Å². The van der Waals surface area contributed by atoms with Crippen LogP contribution in [0.3, 0.4) is 0 Å². The van der Waals surface area contributed by atoms with E-state index in [1.807, 2.05) is 24.3 Å². The maximum Gasteiger partial charge on any atom is 0.227 e. The molecule has 24 heavy (non-hydrogen) atoms. The van der Waals surface area contributed by atoms with Crippen LogP contribution in [0.15, 0.2) is 54.6 Å². The van der Waals surface area contributed by atoms with Crippen LogP contribution in [-0.2, 0) is 10.4 Å². The van der Waals surface area contributed by atoms with Gasteiger partial charge in [0.05, 0.1) is 17.7 Å². The zero-order chi connectivity index (χ0) is 17.6. The van der Waals surface area contributed by atoms with Crippen molar-refractivity contribution in [3.05, 3.63) is 60.2 Å². The van der Waals surface area contributed by atoms with E-state index in [1.54, 1.807) is 50.2 Å². The third-order valence-corrected chi connectivity index (χ3v) is 3.55. The quantitative estimate of drug-likeness (QED) is 0.855. The van der Waals surface area contributed by atoms with Crippen molar-refractivity contribution in [1.29, 1.82) is 5.26 Å². The molecule has 0 heterocycles. The molecule has 0 bridgehead atoms. The first kappa shape index (κ1) is 17.5. The Labute approximate surface area is 141 Å². The van der Waals surface area contributed by atoms with Crippen LogP contribution >= 0.6 is 0 Å². The molecule has 0 aromatic heterocycles. The normalized spacial score (nSPS) is 14.1. The van der Waals surface area contributed by atoms with Crippen LogP contribution in [0.5, 0.6) is 5.75 Å². The maximum atomic E-state index is 12.3. The number of hydrogen-bond acceptors (Lipinski definition) is 4. The van der Waals surface area contributed by atoms with Crippen LogP contribution in [0.2, 0.25) is 0 Å². The number of ether oxygens (including phenoxy) is 1. The Balaban J connectivity index is 2.09. The second-order valence-corrected chi connectivity index (χ2v) is 5.75. The van der Waals surface area contributed by atoms with Crippen LogP contribution in [0.25, 0.3) is 0 Å². The first-order valence-electron chi connectivity index (χ1n) is 7.65. The van der Waals surface area contributed by atoms with Gasteiger partial charge in [-0.25, -0.2) is 0 Å². The van der Waals surface area contributed by atoms with Crippen LogP contribution < -0.4 is 10.1 Å². The van der Waals surface area contributed by atoms with E-state index in [9.17, 15) is 9.90 Å². The Morgan fingerprint density at radius 2 is 1.88 bits per heavy atom. The molecule has 0 fully saturated rings. The molecule has 0 saturated carbocycles. The van der Waals surface area contributed by atoms with Crippen molar-refractivity contribution >= 4 is 11.6 Å². The molecule has 2 aromatic rings. The van der Waals surface area contributed by atoms with E-state index < -0.39 is 11.7 Å². The number of nitrogens with zero attached hydrogens (tertiary/aromatic N) is 1. The number of carbonyl (C=O) groups excluding carboxylic acids is 1. The lowest BCUT2D eigenvalue weighted by Gasteiger charge is -2.23. The summed E-state index contributed by atoms with van der Waals surface area (Å²) in [6.07, 6.45) is -0.727. The molecule has 2 unspecified atom stereocenters. The molecule has 2 aromatic carbocycles. The molecule has 2 rings (SSSR count). The number of nitrogens with one attached hydrogen (secondary N) is 1. The Morgan fingerprint density at radius 3 is 2.54 bits per heavy atom. The zero-order valence-corrected chi connectivity index (χ0v) is 13.7. The fourth-order valence-electron chi connectivity index (χ4n) is 2.30. The minimum atomic E-state index is -1.28. The van der Waals surface area contributed by atoms with E-state index in [-0.39, 0.29) is 12.3 Å². The summed E-state index contributed by atoms with van der Waals surface area (Å²) in [4.78, 5) is 12.3. The third-order valence-electron chi connectivity index (χ3n) is 3.55. The molecule has 0 aliphatic carbocycles. The van der Waals surface area contributed by atoms with Crippen molar-refractivity contribution in [2.45, 2.75) is 32.0 Å². The van der Waals surface area contributed by atoms with Crippen molar-refractivity contribution in [3.8, 4) is 11.8 Å². The number of anilines is 1. The van der Waals surface area contributed by atoms with E-state index in [1.165, 1.54) is 0 Å². The van der Waals surface area contributed by atoms with Gasteiger partial charge in [0.25, 0.3) is 0 Å². The number of rotatable bonds is 6. The summed E-state index contributed by atoms with van der Waals surface area (Å²) < 4.78 is 5.47. The van der Waals surface area contributed by atoms with Crippen molar-refractivity contribution in [2.75, 3.05) is 5.32 Å². The fourth-order valence-corrected chi connectivity index (χ4v) is 2.30. The molecule has 2 N–H and O–H groups in total. The van der Waals surface area contributed by atoms with Gasteiger partial charge in [-0.3, -0.25) is 4.79 Å². The van der Waals surface area contributed by atoms with E-state index in [0.717, 1.165) is 0 Å². The maximum absolute atomic E-state index is 12.3. The van der Waals surface area contributed by atoms with Gasteiger partial charge in [0.1, 0.15) is 11.8 Å². The molecule has 1 amide bonds. The number of carbonyl (C=O) groups is 1. The lowest BCUT2D eigenvalue weighted by molar-refractivity contribution is -0.120. The second-order valence-electron chi connectivity index (χ2n) is 5.75. The van der Waals surface area contributed by atoms with Crippen LogP contribution in [0, 0.1) is 11.3 Å².